The van der Waals surface area contributed by atoms with E-state index in [9.17, 15) is 0 Å². The summed E-state index contributed by atoms with van der Waals surface area (Å²) in [6.07, 6.45) is 0.677. The van der Waals surface area contributed by atoms with Crippen molar-refractivity contribution < 1.29 is 13.9 Å². The largest absolute Gasteiger partial charge is 0.453 e. The third-order valence-corrected chi connectivity index (χ3v) is 9.55. The molecular weight excluding hydrogens is 340 g/mol. The molecular formula is C19H29ClO3Si. The maximum absolute atomic E-state index is 6.34. The van der Waals surface area contributed by atoms with Crippen LogP contribution in [-0.4, -0.2) is 20.7 Å². The highest BCUT2D eigenvalue weighted by Gasteiger charge is 2.38. The fourth-order valence-corrected chi connectivity index (χ4v) is 3.56. The number of hydrogen-bond donors (Lipinski definition) is 0. The smallest absolute Gasteiger partial charge is 0.245 e. The number of halogens is 1. The van der Waals surface area contributed by atoms with E-state index in [1.54, 1.807) is 0 Å². The van der Waals surface area contributed by atoms with E-state index in [1.807, 2.05) is 38.1 Å². The molecule has 0 N–H and O–H groups in total. The first-order valence-corrected chi connectivity index (χ1v) is 11.7. The average Bonchev–Trinajstić information content (AvgIpc) is 2.73. The molecule has 0 fully saturated rings. The van der Waals surface area contributed by atoms with Crippen LogP contribution >= 0.6 is 11.6 Å². The Kier molecular flexibility index (Phi) is 5.43. The average molecular weight is 369 g/mol. The third kappa shape index (κ3) is 4.35. The standard InChI is InChI=1S/C19H29ClO3Si/c1-18(2,3)24(6,7)21-13-12-16-17(23-19(4,5)22-16)14-10-8-9-11-15(14)20/h8-11H,12-13H2,1-7H3. The lowest BCUT2D eigenvalue weighted by Crippen LogP contribution is -2.41. The Morgan fingerprint density at radius 1 is 1.12 bits per heavy atom. The Labute approximate surface area is 152 Å². The van der Waals surface area contributed by atoms with Gasteiger partial charge in [-0.1, -0.05) is 44.5 Å². The van der Waals surface area contributed by atoms with E-state index < -0.39 is 14.1 Å². The van der Waals surface area contributed by atoms with Crippen molar-refractivity contribution in [2.45, 2.75) is 65.0 Å². The van der Waals surface area contributed by atoms with Gasteiger partial charge in [0.05, 0.1) is 5.02 Å². The van der Waals surface area contributed by atoms with Crippen LogP contribution < -0.4 is 0 Å². The minimum atomic E-state index is -1.77. The fraction of sp³-hybridized carbons (Fsp3) is 0.579. The van der Waals surface area contributed by atoms with Crippen LogP contribution in [0.3, 0.4) is 0 Å². The van der Waals surface area contributed by atoms with Crippen molar-refractivity contribution in [3.8, 4) is 0 Å². The molecule has 1 aliphatic rings. The van der Waals surface area contributed by atoms with Gasteiger partial charge in [-0.05, 0) is 30.3 Å². The molecule has 0 spiro atoms. The van der Waals surface area contributed by atoms with E-state index in [4.69, 9.17) is 25.5 Å². The van der Waals surface area contributed by atoms with Crippen LogP contribution in [0.2, 0.25) is 23.2 Å². The lowest BCUT2D eigenvalue weighted by atomic mass is 10.1. The first-order valence-electron chi connectivity index (χ1n) is 8.43. The van der Waals surface area contributed by atoms with Crippen molar-refractivity contribution in [2.75, 3.05) is 6.61 Å². The van der Waals surface area contributed by atoms with E-state index in [0.717, 1.165) is 17.1 Å². The summed E-state index contributed by atoms with van der Waals surface area (Å²) >= 11 is 6.34. The van der Waals surface area contributed by atoms with Gasteiger partial charge in [0.25, 0.3) is 0 Å². The molecule has 0 saturated carbocycles. The minimum Gasteiger partial charge on any atom is -0.453 e. The van der Waals surface area contributed by atoms with Crippen LogP contribution in [0.4, 0.5) is 0 Å². The number of ether oxygens (including phenoxy) is 2. The molecule has 1 aliphatic heterocycles. The molecule has 0 aliphatic carbocycles. The molecule has 3 nitrogen and oxygen atoms in total. The van der Waals surface area contributed by atoms with Gasteiger partial charge >= 0.3 is 0 Å². The molecule has 0 aromatic heterocycles. The summed E-state index contributed by atoms with van der Waals surface area (Å²) < 4.78 is 18.3. The van der Waals surface area contributed by atoms with E-state index >= 15 is 0 Å². The second kappa shape index (κ2) is 6.73. The summed E-state index contributed by atoms with van der Waals surface area (Å²) in [5.41, 5.74) is 0.868. The summed E-state index contributed by atoms with van der Waals surface area (Å²) in [4.78, 5) is 0. The molecule has 5 heteroatoms. The van der Waals surface area contributed by atoms with Gasteiger partial charge in [0.15, 0.2) is 14.1 Å². The Morgan fingerprint density at radius 2 is 1.75 bits per heavy atom. The van der Waals surface area contributed by atoms with Gasteiger partial charge in [0.2, 0.25) is 5.79 Å². The van der Waals surface area contributed by atoms with Crippen molar-refractivity contribution in [1.82, 2.24) is 0 Å². The number of hydrogen-bond acceptors (Lipinski definition) is 3. The van der Waals surface area contributed by atoms with Crippen LogP contribution in [0, 0.1) is 0 Å². The van der Waals surface area contributed by atoms with Crippen molar-refractivity contribution >= 4 is 25.7 Å². The maximum atomic E-state index is 6.34. The van der Waals surface area contributed by atoms with Crippen molar-refractivity contribution in [2.24, 2.45) is 0 Å². The lowest BCUT2D eigenvalue weighted by Gasteiger charge is -2.36. The Morgan fingerprint density at radius 3 is 2.33 bits per heavy atom. The zero-order valence-corrected chi connectivity index (χ0v) is 17.6. The molecule has 2 rings (SSSR count). The molecule has 1 aromatic carbocycles. The molecule has 134 valence electrons. The van der Waals surface area contributed by atoms with E-state index in [2.05, 4.69) is 33.9 Å². The number of benzene rings is 1. The summed E-state index contributed by atoms with van der Waals surface area (Å²) in [7, 11) is -1.77. The topological polar surface area (TPSA) is 27.7 Å². The van der Waals surface area contributed by atoms with Crippen molar-refractivity contribution in [3.05, 3.63) is 40.6 Å². The molecule has 1 aromatic rings. The van der Waals surface area contributed by atoms with Gasteiger partial charge in [-0.15, -0.1) is 0 Å². The van der Waals surface area contributed by atoms with Gasteiger partial charge in [0.1, 0.15) is 5.76 Å². The molecule has 24 heavy (non-hydrogen) atoms. The molecule has 0 bridgehead atoms. The van der Waals surface area contributed by atoms with Crippen molar-refractivity contribution in [3.63, 3.8) is 0 Å². The van der Waals surface area contributed by atoms with E-state index in [0.29, 0.717) is 18.1 Å². The van der Waals surface area contributed by atoms with Crippen LogP contribution in [0.5, 0.6) is 0 Å². The highest BCUT2D eigenvalue weighted by molar-refractivity contribution is 6.74. The zero-order chi connectivity index (χ0) is 18.2. The normalized spacial score (nSPS) is 17.7. The van der Waals surface area contributed by atoms with Gasteiger partial charge in [-0.2, -0.15) is 0 Å². The Balaban J connectivity index is 2.16. The first kappa shape index (κ1) is 19.4. The van der Waals surface area contributed by atoms with Crippen LogP contribution in [0.15, 0.2) is 30.0 Å². The summed E-state index contributed by atoms with van der Waals surface area (Å²) in [5.74, 6) is 0.858. The van der Waals surface area contributed by atoms with Gasteiger partial charge in [0, 0.05) is 32.4 Å². The van der Waals surface area contributed by atoms with Gasteiger partial charge in [-0.3, -0.25) is 0 Å². The van der Waals surface area contributed by atoms with Crippen LogP contribution in [-0.2, 0) is 13.9 Å². The van der Waals surface area contributed by atoms with E-state index in [-0.39, 0.29) is 5.04 Å². The summed E-state index contributed by atoms with van der Waals surface area (Å²) in [6, 6.07) is 7.68. The molecule has 0 saturated heterocycles. The third-order valence-electron chi connectivity index (χ3n) is 4.69. The summed E-state index contributed by atoms with van der Waals surface area (Å²) in [5, 5.41) is 0.857. The second-order valence-electron chi connectivity index (χ2n) is 8.19. The Hall–Kier alpha value is -0.973. The molecule has 0 unspecified atom stereocenters. The quantitative estimate of drug-likeness (QED) is 0.578. The van der Waals surface area contributed by atoms with Crippen LogP contribution in [0.1, 0.15) is 46.6 Å². The highest BCUT2D eigenvalue weighted by Crippen LogP contribution is 2.41. The molecule has 0 amide bonds. The number of rotatable bonds is 5. The van der Waals surface area contributed by atoms with Gasteiger partial charge in [-0.25, -0.2) is 0 Å². The monoisotopic (exact) mass is 368 g/mol. The van der Waals surface area contributed by atoms with Gasteiger partial charge < -0.3 is 13.9 Å². The predicted molar refractivity (Wildman–Crippen MR) is 102 cm³/mol. The minimum absolute atomic E-state index is 0.194. The SMILES string of the molecule is CC1(C)OC(CCO[Si](C)(C)C(C)(C)C)=C(c2ccccc2Cl)O1. The lowest BCUT2D eigenvalue weighted by molar-refractivity contribution is -0.112. The van der Waals surface area contributed by atoms with Crippen molar-refractivity contribution in [1.29, 1.82) is 0 Å². The summed E-state index contributed by atoms with van der Waals surface area (Å²) in [6.45, 7) is 15.7. The molecule has 1 heterocycles. The predicted octanol–water partition coefficient (Wildman–Crippen LogP) is 6.20. The first-order chi connectivity index (χ1) is 10.9. The fourth-order valence-electron chi connectivity index (χ4n) is 2.30. The van der Waals surface area contributed by atoms with Crippen LogP contribution in [0.25, 0.3) is 5.76 Å². The Bertz CT molecular complexity index is 630. The zero-order valence-electron chi connectivity index (χ0n) is 15.8. The highest BCUT2D eigenvalue weighted by atomic mass is 35.5. The second-order valence-corrected chi connectivity index (χ2v) is 13.4. The molecule has 0 radical (unpaired) electrons. The maximum Gasteiger partial charge on any atom is 0.245 e. The molecule has 0 atom stereocenters. The van der Waals surface area contributed by atoms with E-state index in [1.165, 1.54) is 0 Å².